The first-order chi connectivity index (χ1) is 16.4. The van der Waals surface area contributed by atoms with E-state index < -0.39 is 11.5 Å². The standard InChI is InChI=1S/C24H29N3O7/c1-15-12-18(28)21(24(30)34-15)17(13-20(29)26-8-5-10-27-11-9-25-14-27)16-6-7-19(31-2)23(33-4)22(16)32-3/h6-7,9,11-12,14,17,28H,5,8,10,13H2,1-4H3,(H,26,29)/t17-/m1/s1. The number of aromatic nitrogens is 2. The number of nitrogens with zero attached hydrogens (tertiary/aromatic N) is 2. The number of ether oxygens (including phenoxy) is 3. The van der Waals surface area contributed by atoms with Crippen molar-refractivity contribution in [3.63, 3.8) is 0 Å². The van der Waals surface area contributed by atoms with Crippen LogP contribution in [0.3, 0.4) is 0 Å². The Balaban J connectivity index is 1.93. The molecule has 3 rings (SSSR count). The Hall–Kier alpha value is -3.95. The van der Waals surface area contributed by atoms with E-state index in [1.165, 1.54) is 27.4 Å². The number of aryl methyl sites for hydroxylation is 2. The molecule has 2 heterocycles. The molecule has 0 saturated heterocycles. The van der Waals surface area contributed by atoms with Gasteiger partial charge in [-0.05, 0) is 19.4 Å². The number of carbonyl (C=O) groups excluding carboxylic acids is 1. The minimum Gasteiger partial charge on any atom is -0.507 e. The molecule has 34 heavy (non-hydrogen) atoms. The van der Waals surface area contributed by atoms with Crippen LogP contribution in [0.4, 0.5) is 0 Å². The largest absolute Gasteiger partial charge is 0.507 e. The van der Waals surface area contributed by atoms with Crippen molar-refractivity contribution in [1.29, 1.82) is 0 Å². The lowest BCUT2D eigenvalue weighted by atomic mass is 9.87. The van der Waals surface area contributed by atoms with Crippen molar-refractivity contribution in [2.45, 2.75) is 32.2 Å². The zero-order valence-electron chi connectivity index (χ0n) is 19.7. The molecule has 1 amide bonds. The van der Waals surface area contributed by atoms with Crippen LogP contribution < -0.4 is 25.2 Å². The van der Waals surface area contributed by atoms with Gasteiger partial charge in [0.1, 0.15) is 11.5 Å². The van der Waals surface area contributed by atoms with Gasteiger partial charge in [-0.25, -0.2) is 9.78 Å². The fourth-order valence-corrected chi connectivity index (χ4v) is 3.86. The third kappa shape index (κ3) is 5.51. The molecule has 0 aliphatic heterocycles. The zero-order valence-corrected chi connectivity index (χ0v) is 19.7. The molecule has 0 saturated carbocycles. The van der Waals surface area contributed by atoms with Gasteiger partial charge in [-0.2, -0.15) is 0 Å². The fraction of sp³-hybridized carbons (Fsp3) is 0.375. The molecule has 1 aromatic carbocycles. The van der Waals surface area contributed by atoms with Crippen LogP contribution in [0.1, 0.15) is 35.6 Å². The topological polar surface area (TPSA) is 125 Å². The zero-order chi connectivity index (χ0) is 24.7. The van der Waals surface area contributed by atoms with E-state index in [-0.39, 0.29) is 29.4 Å². The molecule has 182 valence electrons. The molecule has 10 heteroatoms. The molecule has 0 aliphatic rings. The number of aromatic hydroxyl groups is 1. The van der Waals surface area contributed by atoms with Crippen molar-refractivity contribution >= 4 is 5.91 Å². The number of hydrogen-bond acceptors (Lipinski definition) is 8. The molecule has 0 bridgehead atoms. The van der Waals surface area contributed by atoms with E-state index >= 15 is 0 Å². The first kappa shape index (κ1) is 24.7. The normalized spacial score (nSPS) is 11.6. The molecule has 2 N–H and O–H groups in total. The molecule has 10 nitrogen and oxygen atoms in total. The molecule has 2 aromatic heterocycles. The Morgan fingerprint density at radius 2 is 1.97 bits per heavy atom. The van der Waals surface area contributed by atoms with Crippen molar-refractivity contribution in [1.82, 2.24) is 14.9 Å². The number of methoxy groups -OCH3 is 3. The van der Waals surface area contributed by atoms with E-state index in [1.807, 2.05) is 10.8 Å². The number of imidazole rings is 1. The predicted octanol–water partition coefficient (Wildman–Crippen LogP) is 2.60. The summed E-state index contributed by atoms with van der Waals surface area (Å²) in [7, 11) is 4.40. The quantitative estimate of drug-likeness (QED) is 0.409. The summed E-state index contributed by atoms with van der Waals surface area (Å²) in [5.74, 6) is -0.141. The van der Waals surface area contributed by atoms with Crippen molar-refractivity contribution in [2.75, 3.05) is 27.9 Å². The number of rotatable bonds is 11. The van der Waals surface area contributed by atoms with Gasteiger partial charge in [-0.15, -0.1) is 0 Å². The number of carbonyl (C=O) groups is 1. The van der Waals surface area contributed by atoms with Gasteiger partial charge in [0.15, 0.2) is 11.5 Å². The molecular formula is C24H29N3O7. The van der Waals surface area contributed by atoms with Gasteiger partial charge in [0, 0.05) is 49.5 Å². The highest BCUT2D eigenvalue weighted by atomic mass is 16.5. The van der Waals surface area contributed by atoms with Crippen LogP contribution >= 0.6 is 0 Å². The maximum atomic E-state index is 12.9. The first-order valence-corrected chi connectivity index (χ1v) is 10.7. The van der Waals surface area contributed by atoms with E-state index in [9.17, 15) is 14.7 Å². The monoisotopic (exact) mass is 471 g/mol. The van der Waals surface area contributed by atoms with Crippen LogP contribution in [0.5, 0.6) is 23.0 Å². The molecular weight excluding hydrogens is 442 g/mol. The van der Waals surface area contributed by atoms with Gasteiger partial charge < -0.3 is 33.6 Å². The third-order valence-corrected chi connectivity index (χ3v) is 5.41. The number of benzene rings is 1. The summed E-state index contributed by atoms with van der Waals surface area (Å²) in [5.41, 5.74) is -0.294. The fourth-order valence-electron chi connectivity index (χ4n) is 3.86. The summed E-state index contributed by atoms with van der Waals surface area (Å²) in [6.45, 7) is 2.70. The van der Waals surface area contributed by atoms with Crippen LogP contribution in [-0.2, 0) is 11.3 Å². The lowest BCUT2D eigenvalue weighted by Crippen LogP contribution is -2.28. The SMILES string of the molecule is COc1ccc([C@@H](CC(=O)NCCCn2ccnc2)c2c(O)cc(C)oc2=O)c(OC)c1OC. The van der Waals surface area contributed by atoms with E-state index in [2.05, 4.69) is 10.3 Å². The van der Waals surface area contributed by atoms with Crippen molar-refractivity contribution in [2.24, 2.45) is 0 Å². The maximum Gasteiger partial charge on any atom is 0.343 e. The summed E-state index contributed by atoms with van der Waals surface area (Å²) in [6, 6.07) is 4.68. The van der Waals surface area contributed by atoms with Crippen molar-refractivity contribution in [3.05, 3.63) is 64.2 Å². The summed E-state index contributed by atoms with van der Waals surface area (Å²) in [5, 5.41) is 13.5. The van der Waals surface area contributed by atoms with Crippen molar-refractivity contribution in [3.8, 4) is 23.0 Å². The Morgan fingerprint density at radius 3 is 2.59 bits per heavy atom. The van der Waals surface area contributed by atoms with Gasteiger partial charge >= 0.3 is 5.63 Å². The smallest absolute Gasteiger partial charge is 0.343 e. The number of hydrogen-bond donors (Lipinski definition) is 2. The average Bonchev–Trinajstić information content (AvgIpc) is 3.33. The second kappa shape index (κ2) is 11.3. The van der Waals surface area contributed by atoms with E-state index in [0.717, 1.165) is 0 Å². The highest BCUT2D eigenvalue weighted by Gasteiger charge is 2.30. The van der Waals surface area contributed by atoms with Crippen LogP contribution in [-0.4, -0.2) is 48.4 Å². The molecule has 0 fully saturated rings. The van der Waals surface area contributed by atoms with E-state index in [4.69, 9.17) is 18.6 Å². The first-order valence-electron chi connectivity index (χ1n) is 10.7. The molecule has 0 unspecified atom stereocenters. The van der Waals surface area contributed by atoms with Crippen LogP contribution in [0.2, 0.25) is 0 Å². The van der Waals surface area contributed by atoms with Gasteiger partial charge in [0.05, 0.1) is 33.2 Å². The van der Waals surface area contributed by atoms with Crippen LogP contribution in [0.25, 0.3) is 0 Å². The van der Waals surface area contributed by atoms with Gasteiger partial charge in [0.25, 0.3) is 0 Å². The van der Waals surface area contributed by atoms with Crippen LogP contribution in [0.15, 0.2) is 46.1 Å². The summed E-state index contributed by atoms with van der Waals surface area (Å²) < 4.78 is 23.5. The highest BCUT2D eigenvalue weighted by molar-refractivity contribution is 5.78. The molecule has 3 aromatic rings. The van der Waals surface area contributed by atoms with Crippen molar-refractivity contribution < 1.29 is 28.5 Å². The van der Waals surface area contributed by atoms with Gasteiger partial charge in [0.2, 0.25) is 11.7 Å². The number of nitrogens with one attached hydrogen (secondary N) is 1. The minimum absolute atomic E-state index is 0.0373. The third-order valence-electron chi connectivity index (χ3n) is 5.41. The second-order valence-corrected chi connectivity index (χ2v) is 7.63. The van der Waals surface area contributed by atoms with Gasteiger partial charge in [-0.1, -0.05) is 6.07 Å². The minimum atomic E-state index is -0.861. The molecule has 0 aliphatic carbocycles. The van der Waals surface area contributed by atoms with E-state index in [0.29, 0.717) is 42.3 Å². The van der Waals surface area contributed by atoms with Crippen LogP contribution in [0, 0.1) is 6.92 Å². The Kier molecular flexibility index (Phi) is 8.18. The Bertz CT molecular complexity index is 1170. The maximum absolute atomic E-state index is 12.9. The Labute approximate surface area is 197 Å². The van der Waals surface area contributed by atoms with E-state index in [1.54, 1.807) is 31.6 Å². The average molecular weight is 472 g/mol. The highest BCUT2D eigenvalue weighted by Crippen LogP contribution is 2.45. The molecule has 1 atom stereocenters. The lowest BCUT2D eigenvalue weighted by Gasteiger charge is -2.22. The molecule has 0 spiro atoms. The summed E-state index contributed by atoms with van der Waals surface area (Å²) in [4.78, 5) is 29.6. The predicted molar refractivity (Wildman–Crippen MR) is 124 cm³/mol. The summed E-state index contributed by atoms with van der Waals surface area (Å²) in [6.07, 6.45) is 5.82. The lowest BCUT2D eigenvalue weighted by molar-refractivity contribution is -0.121. The summed E-state index contributed by atoms with van der Waals surface area (Å²) >= 11 is 0. The Morgan fingerprint density at radius 1 is 1.21 bits per heavy atom. The van der Waals surface area contributed by atoms with Gasteiger partial charge in [-0.3, -0.25) is 4.79 Å². The number of amides is 1. The second-order valence-electron chi connectivity index (χ2n) is 7.63. The molecule has 0 radical (unpaired) electrons.